The molecule has 0 spiro atoms. The van der Waals surface area contributed by atoms with Gasteiger partial charge < -0.3 is 33.8 Å². The van der Waals surface area contributed by atoms with Gasteiger partial charge >= 0.3 is 17.9 Å². The van der Waals surface area contributed by atoms with Gasteiger partial charge in [0.05, 0.1) is 24.1 Å². The van der Waals surface area contributed by atoms with Gasteiger partial charge in [-0.05, 0) is 72.8 Å². The average Bonchev–Trinajstić information content (AvgIpc) is 3.26. The van der Waals surface area contributed by atoms with E-state index in [1.54, 1.807) is 120 Å². The molecule has 3 aromatic rings. The summed E-state index contributed by atoms with van der Waals surface area (Å²) in [5, 5.41) is 16.5. The van der Waals surface area contributed by atoms with Crippen LogP contribution in [-0.4, -0.2) is 91.0 Å². The van der Waals surface area contributed by atoms with Crippen LogP contribution in [0, 0.1) is 22.7 Å². The predicted octanol–water partition coefficient (Wildman–Crippen LogP) is 7.68. The lowest BCUT2D eigenvalue weighted by atomic mass is 9.43. The molecule has 3 fully saturated rings. The van der Waals surface area contributed by atoms with Crippen molar-refractivity contribution in [1.29, 1.82) is 0 Å². The molecule has 14 heteroatoms. The standard InChI is InChI=1S/C52H63NO12Si/c1-30-27-37-51(29-61-37,64-32(3)54)42-44(63-46(58)35-25-19-14-20-26-35)52(60)28-36(31(2)38(49(52,7)8)40(55)43(56)50(30,42)9)62-47(59)41(65-66(10,11)48(4,5)6)39(33-21-15-12-16-22-33)53-45(57)34-23-17-13-18-24-34/h12-26,30,36-37,39,41-42,44,60H,27-29H2,1-11H3,(H,53,57)/t30-,36?,37?,39-,41+,42-,44-,50+,51-,52+/m0/s1. The van der Waals surface area contributed by atoms with E-state index >= 15 is 14.4 Å². The summed E-state index contributed by atoms with van der Waals surface area (Å²) < 4.78 is 32.3. The highest BCUT2D eigenvalue weighted by Crippen LogP contribution is 2.65. The SMILES string of the molecule is CC(=O)O[C@@]12COC1C[C@H](C)[C@@]1(C)C(=O)C(=O)C3=C(C)C(OC(=O)[C@H](O[Si](C)(C)C(C)(C)C)[C@@H](NC(=O)c4ccccc4)c4ccccc4)C[C@@](O)([C@@H](OC(=O)c4ccccc4)[C@@H]12)C3(C)C. The first kappa shape index (κ1) is 48.6. The number of ketones is 2. The van der Waals surface area contributed by atoms with Gasteiger partial charge in [0, 0.05) is 35.3 Å². The lowest BCUT2D eigenvalue weighted by Gasteiger charge is -2.67. The van der Waals surface area contributed by atoms with E-state index in [2.05, 4.69) is 5.32 Å². The third-order valence-electron chi connectivity index (χ3n) is 15.7. The zero-order valence-electron chi connectivity index (χ0n) is 39.8. The second kappa shape index (κ2) is 17.4. The molecule has 2 bridgehead atoms. The molecule has 0 aromatic heterocycles. The van der Waals surface area contributed by atoms with Gasteiger partial charge in [0.1, 0.15) is 23.9 Å². The predicted molar refractivity (Wildman–Crippen MR) is 246 cm³/mol. The second-order valence-electron chi connectivity index (χ2n) is 20.9. The number of hydrogen-bond acceptors (Lipinski definition) is 12. The fourth-order valence-corrected chi connectivity index (χ4v) is 11.8. The number of carbonyl (C=O) groups excluding carboxylic acids is 6. The monoisotopic (exact) mass is 921 g/mol. The summed E-state index contributed by atoms with van der Waals surface area (Å²) >= 11 is 0. The van der Waals surface area contributed by atoms with E-state index in [0.29, 0.717) is 11.1 Å². The van der Waals surface area contributed by atoms with Crippen molar-refractivity contribution >= 4 is 43.7 Å². The van der Waals surface area contributed by atoms with Crippen LogP contribution in [0.5, 0.6) is 0 Å². The number of amides is 1. The molecule has 1 amide bonds. The summed E-state index contributed by atoms with van der Waals surface area (Å²) in [6, 6.07) is 24.6. The molecular formula is C52H63NO12Si. The maximum Gasteiger partial charge on any atom is 0.338 e. The molecule has 1 heterocycles. The van der Waals surface area contributed by atoms with Gasteiger partial charge in [-0.3, -0.25) is 19.2 Å². The Kier molecular flexibility index (Phi) is 12.8. The fourth-order valence-electron chi connectivity index (χ4n) is 10.6. The van der Waals surface area contributed by atoms with Crippen LogP contribution in [-0.2, 0) is 42.6 Å². The van der Waals surface area contributed by atoms with Gasteiger partial charge in [0.15, 0.2) is 20.0 Å². The summed E-state index contributed by atoms with van der Waals surface area (Å²) in [6.45, 7) is 19.3. The highest BCUT2D eigenvalue weighted by atomic mass is 28.4. The fraction of sp³-hybridized carbons (Fsp3) is 0.500. The van der Waals surface area contributed by atoms with Crippen LogP contribution in [0.15, 0.2) is 102 Å². The molecule has 3 aromatic carbocycles. The Bertz CT molecular complexity index is 2430. The number of esters is 3. The Morgan fingerprint density at radius 3 is 1.95 bits per heavy atom. The zero-order chi connectivity index (χ0) is 48.4. The van der Waals surface area contributed by atoms with Crippen LogP contribution in [0.3, 0.4) is 0 Å². The van der Waals surface area contributed by atoms with E-state index in [0.717, 1.165) is 0 Å². The maximum atomic E-state index is 15.3. The number of Topliss-reactive ketones (excluding diaryl/α,β-unsaturated/α-hetero) is 2. The van der Waals surface area contributed by atoms with E-state index in [1.165, 1.54) is 6.92 Å². The molecular weight excluding hydrogens is 859 g/mol. The minimum Gasteiger partial charge on any atom is -0.456 e. The van der Waals surface area contributed by atoms with Gasteiger partial charge in [-0.2, -0.15) is 0 Å². The Hall–Kier alpha value is -5.28. The molecule has 13 nitrogen and oxygen atoms in total. The number of carbonyl (C=O) groups is 6. The summed E-state index contributed by atoms with van der Waals surface area (Å²) in [5.41, 5.74) is -5.97. The molecule has 2 N–H and O–H groups in total. The largest absolute Gasteiger partial charge is 0.456 e. The topological polar surface area (TPSA) is 181 Å². The van der Waals surface area contributed by atoms with Gasteiger partial charge in [0.25, 0.3) is 5.91 Å². The van der Waals surface area contributed by atoms with Crippen molar-refractivity contribution in [3.05, 3.63) is 119 Å². The van der Waals surface area contributed by atoms with Crippen LogP contribution in [0.1, 0.15) is 107 Å². The Balaban J connectivity index is 1.40. The third-order valence-corrected chi connectivity index (χ3v) is 20.1. The molecule has 0 radical (unpaired) electrons. The number of hydrogen-bond donors (Lipinski definition) is 2. The van der Waals surface area contributed by atoms with Crippen LogP contribution in [0.25, 0.3) is 0 Å². The summed E-state index contributed by atoms with van der Waals surface area (Å²) in [7, 11) is -2.88. The van der Waals surface area contributed by atoms with E-state index < -0.39 is 119 Å². The maximum absolute atomic E-state index is 15.3. The zero-order valence-corrected chi connectivity index (χ0v) is 40.8. The Labute approximate surface area is 388 Å². The number of rotatable bonds is 11. The molecule has 7 rings (SSSR count). The van der Waals surface area contributed by atoms with Crippen LogP contribution < -0.4 is 5.32 Å². The Morgan fingerprint density at radius 2 is 1.42 bits per heavy atom. The minimum absolute atomic E-state index is 0.0842. The number of ether oxygens (including phenoxy) is 4. The van der Waals surface area contributed by atoms with Gasteiger partial charge in [-0.15, -0.1) is 0 Å². The summed E-state index contributed by atoms with van der Waals surface area (Å²) in [6.07, 6.45) is -5.45. The van der Waals surface area contributed by atoms with E-state index in [9.17, 15) is 19.5 Å². The van der Waals surface area contributed by atoms with E-state index in [1.807, 2.05) is 39.9 Å². The summed E-state index contributed by atoms with van der Waals surface area (Å²) in [4.78, 5) is 87.3. The number of fused-ring (bicyclic) bond motifs is 5. The van der Waals surface area contributed by atoms with Gasteiger partial charge in [-0.1, -0.05) is 115 Å². The molecule has 10 atom stereocenters. The van der Waals surface area contributed by atoms with Crippen molar-refractivity contribution in [3.8, 4) is 0 Å². The number of aliphatic hydroxyl groups is 1. The highest BCUT2D eigenvalue weighted by molar-refractivity contribution is 6.74. The van der Waals surface area contributed by atoms with Gasteiger partial charge in [0.2, 0.25) is 11.6 Å². The molecule has 2 saturated carbocycles. The van der Waals surface area contributed by atoms with Crippen molar-refractivity contribution in [2.75, 3.05) is 6.61 Å². The number of nitrogens with one attached hydrogen (secondary N) is 1. The highest BCUT2D eigenvalue weighted by Gasteiger charge is 2.77. The molecule has 1 saturated heterocycles. The van der Waals surface area contributed by atoms with Crippen molar-refractivity contribution in [2.24, 2.45) is 22.7 Å². The normalized spacial score (nSPS) is 30.2. The molecule has 3 aliphatic carbocycles. The van der Waals surface area contributed by atoms with Crippen molar-refractivity contribution in [3.63, 3.8) is 0 Å². The quantitative estimate of drug-likeness (QED) is 0.0831. The smallest absolute Gasteiger partial charge is 0.338 e. The molecule has 2 unspecified atom stereocenters. The van der Waals surface area contributed by atoms with Crippen LogP contribution in [0.4, 0.5) is 0 Å². The van der Waals surface area contributed by atoms with Gasteiger partial charge in [-0.25, -0.2) is 9.59 Å². The lowest BCUT2D eigenvalue weighted by Crippen LogP contribution is -2.80. The van der Waals surface area contributed by atoms with Crippen LogP contribution >= 0.6 is 0 Å². The summed E-state index contributed by atoms with van der Waals surface area (Å²) in [5.74, 6) is -6.50. The Morgan fingerprint density at radius 1 is 0.864 bits per heavy atom. The number of benzene rings is 3. The van der Waals surface area contributed by atoms with E-state index in [4.69, 9.17) is 23.4 Å². The first-order valence-corrected chi connectivity index (χ1v) is 25.6. The van der Waals surface area contributed by atoms with Crippen molar-refractivity contribution in [2.45, 2.75) is 135 Å². The van der Waals surface area contributed by atoms with Crippen LogP contribution in [0.2, 0.25) is 18.1 Å². The third kappa shape index (κ3) is 8.07. The lowest BCUT2D eigenvalue weighted by molar-refractivity contribution is -0.338. The molecule has 1 aliphatic heterocycles. The molecule has 4 aliphatic rings. The minimum atomic E-state index is -2.88. The van der Waals surface area contributed by atoms with E-state index in [-0.39, 0.29) is 29.7 Å². The molecule has 66 heavy (non-hydrogen) atoms. The van der Waals surface area contributed by atoms with Crippen molar-refractivity contribution in [1.82, 2.24) is 5.32 Å². The van der Waals surface area contributed by atoms with Crippen molar-refractivity contribution < 1.29 is 57.2 Å². The molecule has 352 valence electrons. The first-order valence-electron chi connectivity index (χ1n) is 22.7. The second-order valence-corrected chi connectivity index (χ2v) is 25.6. The average molecular weight is 922 g/mol. The first-order chi connectivity index (χ1) is 30.8.